The topological polar surface area (TPSA) is 106 Å². The lowest BCUT2D eigenvalue weighted by molar-refractivity contribution is -1.36. The molecule has 0 heterocycles. The molecule has 0 radical (unpaired) electrons. The second-order valence-electron chi connectivity index (χ2n) is 1.09. The van der Waals surface area contributed by atoms with Crippen molar-refractivity contribution in [3.8, 4) is 0 Å². The molecule has 0 aromatic rings. The molecular formula is CH9N4O3+. The molecule has 0 rings (SSSR count). The molecule has 0 spiro atoms. The lowest BCUT2D eigenvalue weighted by Gasteiger charge is -2.14. The van der Waals surface area contributed by atoms with Crippen LogP contribution in [0.25, 0.3) is 0 Å². The van der Waals surface area contributed by atoms with Crippen molar-refractivity contribution in [2.45, 2.75) is 0 Å². The summed E-state index contributed by atoms with van der Waals surface area (Å²) in [7, 11) is 1.25. The highest BCUT2D eigenvalue weighted by Crippen LogP contribution is 1.94. The number of rotatable bonds is 3. The number of quaternary nitrogens is 1. The van der Waals surface area contributed by atoms with Gasteiger partial charge in [0.25, 0.3) is 0 Å². The molecule has 0 bridgehead atoms. The number of nitrogens with two attached hydrogens (primary N) is 3. The first-order chi connectivity index (χ1) is 3.68. The van der Waals surface area contributed by atoms with Gasteiger partial charge in [0.05, 0.1) is 0 Å². The lowest BCUT2D eigenvalue weighted by atomic mass is 11.5. The second-order valence-corrected chi connectivity index (χ2v) is 1.09. The molecule has 0 aliphatic rings. The average molecular weight is 125 g/mol. The molecule has 6 N–H and O–H groups in total. The van der Waals surface area contributed by atoms with Crippen LogP contribution in [0, 0.1) is 0 Å². The summed E-state index contributed by atoms with van der Waals surface area (Å²) in [6.07, 6.45) is 0. The summed E-state index contributed by atoms with van der Waals surface area (Å²) in [5, 5.41) is 0. The zero-order valence-corrected chi connectivity index (χ0v) is 4.40. The molecule has 0 amide bonds. The summed E-state index contributed by atoms with van der Waals surface area (Å²) in [5.41, 5.74) is 0. The summed E-state index contributed by atoms with van der Waals surface area (Å²) < 4.78 is 0. The Morgan fingerprint density at radius 2 is 1.25 bits per heavy atom. The first kappa shape index (κ1) is 7.72. The summed E-state index contributed by atoms with van der Waals surface area (Å²) in [5.74, 6) is 13.8. The van der Waals surface area contributed by atoms with Gasteiger partial charge in [0.15, 0.2) is 12.0 Å². The summed E-state index contributed by atoms with van der Waals surface area (Å²) in [4.78, 5) is 11.0. The van der Waals surface area contributed by atoms with E-state index in [4.69, 9.17) is 0 Å². The van der Waals surface area contributed by atoms with Gasteiger partial charge in [0.2, 0.25) is 0 Å². The van der Waals surface area contributed by atoms with E-state index in [0.29, 0.717) is 0 Å². The van der Waals surface area contributed by atoms with Crippen LogP contribution in [-0.2, 0) is 14.8 Å². The zero-order chi connectivity index (χ0) is 6.62. The Labute approximate surface area is 45.8 Å². The fraction of sp³-hybridized carbons (Fsp3) is 1.00. The molecule has 0 unspecified atom stereocenters. The van der Waals surface area contributed by atoms with Crippen molar-refractivity contribution in [1.82, 2.24) is 0 Å². The smallest absolute Gasteiger partial charge is 0.153 e. The van der Waals surface area contributed by atoms with Gasteiger partial charge in [-0.15, -0.1) is 0 Å². The van der Waals surface area contributed by atoms with Crippen LogP contribution in [0.4, 0.5) is 0 Å². The van der Waals surface area contributed by atoms with Gasteiger partial charge < -0.3 is 0 Å². The minimum atomic E-state index is -0.958. The molecule has 0 saturated heterocycles. The van der Waals surface area contributed by atoms with E-state index in [-0.39, 0.29) is 0 Å². The van der Waals surface area contributed by atoms with Crippen LogP contribution < -0.4 is 17.7 Å². The largest absolute Gasteiger partial charge is 0.175 e. The van der Waals surface area contributed by atoms with Gasteiger partial charge in [-0.25, -0.2) is 0 Å². The van der Waals surface area contributed by atoms with Gasteiger partial charge in [-0.3, -0.25) is 0 Å². The zero-order valence-electron chi connectivity index (χ0n) is 4.40. The average Bonchev–Trinajstić information content (AvgIpc) is 1.87. The molecule has 0 aliphatic carbocycles. The molecular weight excluding hydrogens is 116 g/mol. The third-order valence-corrected chi connectivity index (χ3v) is 0.574. The highest BCUT2D eigenvalue weighted by molar-refractivity contribution is 3.50. The summed E-state index contributed by atoms with van der Waals surface area (Å²) >= 11 is 0. The van der Waals surface area contributed by atoms with Crippen LogP contribution in [0.3, 0.4) is 0 Å². The Kier molecular flexibility index (Phi) is 2.79. The van der Waals surface area contributed by atoms with Gasteiger partial charge in [0, 0.05) is 0 Å². The van der Waals surface area contributed by atoms with Crippen LogP contribution in [0.1, 0.15) is 0 Å². The normalized spacial score (nSPS) is 12.0. The predicted octanol–water partition coefficient (Wildman–Crippen LogP) is -2.15. The number of nitrogens with zero attached hydrogens (tertiary/aromatic N) is 1. The fourth-order valence-electron chi connectivity index (χ4n) is 0.0745. The molecule has 0 aromatic carbocycles. The molecule has 0 aliphatic heterocycles. The molecule has 7 heteroatoms. The van der Waals surface area contributed by atoms with Gasteiger partial charge >= 0.3 is 0 Å². The minimum absolute atomic E-state index is 0.958. The van der Waals surface area contributed by atoms with Crippen LogP contribution in [0.2, 0.25) is 0 Å². The Morgan fingerprint density at radius 3 is 1.25 bits per heavy atom. The third kappa shape index (κ3) is 1.68. The summed E-state index contributed by atoms with van der Waals surface area (Å²) in [6.45, 7) is 0. The quantitative estimate of drug-likeness (QED) is 0.293. The fourth-order valence-corrected chi connectivity index (χ4v) is 0.0745. The maximum atomic E-state index is 4.59. The molecule has 0 atom stereocenters. The van der Waals surface area contributed by atoms with Crippen molar-refractivity contribution in [2.75, 3.05) is 7.05 Å². The van der Waals surface area contributed by atoms with E-state index < -0.39 is 4.97 Å². The number of hydrogen-bond donors (Lipinski definition) is 3. The van der Waals surface area contributed by atoms with Gasteiger partial charge in [-0.2, -0.15) is 17.7 Å². The van der Waals surface area contributed by atoms with Crippen LogP contribution in [0.5, 0.6) is 0 Å². The molecule has 50 valence electrons. The maximum Gasteiger partial charge on any atom is 0.175 e. The Balaban J connectivity index is 3.58. The number of hydroxylamine groups is 3. The molecule has 0 fully saturated rings. The van der Waals surface area contributed by atoms with Crippen LogP contribution in [0.15, 0.2) is 0 Å². The van der Waals surface area contributed by atoms with E-state index in [1.165, 1.54) is 7.05 Å². The molecule has 7 nitrogen and oxygen atoms in total. The Hall–Kier alpha value is -0.280. The third-order valence-electron chi connectivity index (χ3n) is 0.574. The van der Waals surface area contributed by atoms with Crippen molar-refractivity contribution in [2.24, 2.45) is 17.7 Å². The minimum Gasteiger partial charge on any atom is -0.153 e. The van der Waals surface area contributed by atoms with Crippen LogP contribution >= 0.6 is 0 Å². The highest BCUT2D eigenvalue weighted by Gasteiger charge is 2.25. The SMILES string of the molecule is C[N+](ON)(ON)ON. The van der Waals surface area contributed by atoms with Crippen molar-refractivity contribution in [3.63, 3.8) is 0 Å². The van der Waals surface area contributed by atoms with E-state index in [1.807, 2.05) is 0 Å². The first-order valence-electron chi connectivity index (χ1n) is 1.70. The van der Waals surface area contributed by atoms with E-state index in [0.717, 1.165) is 0 Å². The first-order valence-corrected chi connectivity index (χ1v) is 1.70. The van der Waals surface area contributed by atoms with Crippen molar-refractivity contribution in [1.29, 1.82) is 0 Å². The second kappa shape index (κ2) is 2.89. The lowest BCUT2D eigenvalue weighted by Crippen LogP contribution is -2.49. The standard InChI is InChI=1S/CH9N4O3/c1-5(6-2,7-3)8-4/h2-4H2,1H3/q+1. The Morgan fingerprint density at radius 1 is 1.00 bits per heavy atom. The van der Waals surface area contributed by atoms with Crippen molar-refractivity contribution >= 4 is 0 Å². The van der Waals surface area contributed by atoms with Crippen LogP contribution in [-0.4, -0.2) is 12.0 Å². The van der Waals surface area contributed by atoms with E-state index in [9.17, 15) is 0 Å². The van der Waals surface area contributed by atoms with E-state index in [1.54, 1.807) is 0 Å². The monoisotopic (exact) mass is 125 g/mol. The van der Waals surface area contributed by atoms with Gasteiger partial charge in [0.1, 0.15) is 0 Å². The van der Waals surface area contributed by atoms with Gasteiger partial charge in [-0.05, 0) is 14.8 Å². The maximum absolute atomic E-state index is 4.59. The Bertz CT molecular complexity index is 54.0. The molecule has 8 heavy (non-hydrogen) atoms. The predicted molar refractivity (Wildman–Crippen MR) is 22.0 cm³/mol. The van der Waals surface area contributed by atoms with E-state index >= 15 is 0 Å². The number of hydrogen-bond acceptors (Lipinski definition) is 6. The summed E-state index contributed by atoms with van der Waals surface area (Å²) in [6, 6.07) is 0. The highest BCUT2D eigenvalue weighted by atomic mass is 17.3. The van der Waals surface area contributed by atoms with Crippen molar-refractivity contribution in [3.05, 3.63) is 0 Å². The van der Waals surface area contributed by atoms with E-state index in [2.05, 4.69) is 32.5 Å². The van der Waals surface area contributed by atoms with Crippen molar-refractivity contribution < 1.29 is 19.8 Å². The molecule has 0 saturated carbocycles. The molecule has 0 aromatic heterocycles. The van der Waals surface area contributed by atoms with Gasteiger partial charge in [-0.1, -0.05) is 0 Å².